The van der Waals surface area contributed by atoms with Gasteiger partial charge in [-0.2, -0.15) is 0 Å². The number of hydrogen-bond acceptors (Lipinski definition) is 5. The fraction of sp³-hybridized carbons (Fsp3) is 0.700. The van der Waals surface area contributed by atoms with Crippen LogP contribution in [0.2, 0.25) is 0 Å². The van der Waals surface area contributed by atoms with E-state index in [1.165, 1.54) is 6.92 Å². The molecule has 0 bridgehead atoms. The van der Waals surface area contributed by atoms with Gasteiger partial charge >= 0.3 is 0 Å². The molecule has 0 aromatic heterocycles. The summed E-state index contributed by atoms with van der Waals surface area (Å²) < 4.78 is 0. The predicted molar refractivity (Wildman–Crippen MR) is 57.3 cm³/mol. The van der Waals surface area contributed by atoms with Crippen LogP contribution in [0, 0.1) is 0 Å². The number of nitrogens with two attached hydrogens (primary N) is 1. The average molecular weight is 230 g/mol. The molecular weight excluding hydrogens is 212 g/mol. The lowest BCUT2D eigenvalue weighted by molar-refractivity contribution is -0.118. The maximum atomic E-state index is 10.6. The number of carbonyl (C=O) groups is 1. The Labute approximate surface area is 94.0 Å². The smallest absolute Gasteiger partial charge is 0.283 e. The molecule has 1 amide bonds. The average Bonchev–Trinajstić information content (AvgIpc) is 2.17. The van der Waals surface area contributed by atoms with Crippen LogP contribution in [0.25, 0.3) is 0 Å². The highest BCUT2D eigenvalue weighted by atomic mass is 16.3. The summed E-state index contributed by atoms with van der Waals surface area (Å²) >= 11 is 0. The second-order valence-corrected chi connectivity index (χ2v) is 4.21. The van der Waals surface area contributed by atoms with Crippen LogP contribution in [0.3, 0.4) is 0 Å². The largest absolute Gasteiger partial charge is 0.503 e. The molecule has 0 aliphatic carbocycles. The molecule has 1 fully saturated rings. The van der Waals surface area contributed by atoms with Crippen LogP contribution in [-0.2, 0) is 4.79 Å². The van der Waals surface area contributed by atoms with Gasteiger partial charge < -0.3 is 21.1 Å². The van der Waals surface area contributed by atoms with E-state index in [2.05, 4.69) is 0 Å². The van der Waals surface area contributed by atoms with Crippen molar-refractivity contribution in [3.8, 4) is 0 Å². The third-order valence-electron chi connectivity index (χ3n) is 2.77. The first-order chi connectivity index (χ1) is 7.33. The van der Waals surface area contributed by atoms with Crippen LogP contribution in [0.1, 0.15) is 19.8 Å². The van der Waals surface area contributed by atoms with Crippen molar-refractivity contribution in [1.29, 1.82) is 0 Å². The van der Waals surface area contributed by atoms with Crippen molar-refractivity contribution in [2.24, 2.45) is 5.73 Å². The van der Waals surface area contributed by atoms with Crippen molar-refractivity contribution in [2.45, 2.75) is 31.6 Å². The second kappa shape index (κ2) is 4.82. The molecular formula is C10H18N2O4. The fourth-order valence-electron chi connectivity index (χ4n) is 1.74. The van der Waals surface area contributed by atoms with Crippen LogP contribution >= 0.6 is 0 Å². The monoisotopic (exact) mass is 230 g/mol. The second-order valence-electron chi connectivity index (χ2n) is 4.21. The SMILES string of the molecule is CC(O)(/C=C(\O)C(N)=O)N1CCC(O)CC1. The molecule has 1 unspecified atom stereocenters. The van der Waals surface area contributed by atoms with Gasteiger partial charge in [-0.25, -0.2) is 0 Å². The molecule has 6 heteroatoms. The fourth-order valence-corrected chi connectivity index (χ4v) is 1.74. The predicted octanol–water partition coefficient (Wildman–Crippen LogP) is -0.921. The Morgan fingerprint density at radius 1 is 1.50 bits per heavy atom. The Kier molecular flexibility index (Phi) is 3.90. The third kappa shape index (κ3) is 3.19. The molecule has 0 aromatic rings. The quantitative estimate of drug-likeness (QED) is 0.370. The van der Waals surface area contributed by atoms with Gasteiger partial charge in [0, 0.05) is 19.2 Å². The summed E-state index contributed by atoms with van der Waals surface area (Å²) in [5.74, 6) is -1.63. The van der Waals surface area contributed by atoms with E-state index in [-0.39, 0.29) is 6.10 Å². The van der Waals surface area contributed by atoms with E-state index in [1.54, 1.807) is 4.90 Å². The molecule has 1 heterocycles. The minimum absolute atomic E-state index is 0.347. The summed E-state index contributed by atoms with van der Waals surface area (Å²) in [6, 6.07) is 0. The minimum Gasteiger partial charge on any atom is -0.503 e. The number of carbonyl (C=O) groups excluding carboxylic acids is 1. The number of aliphatic hydroxyl groups is 3. The van der Waals surface area contributed by atoms with Gasteiger partial charge in [0.1, 0.15) is 5.72 Å². The minimum atomic E-state index is -1.43. The van der Waals surface area contributed by atoms with Gasteiger partial charge in [0.25, 0.3) is 5.91 Å². The van der Waals surface area contributed by atoms with Crippen molar-refractivity contribution in [3.63, 3.8) is 0 Å². The summed E-state index contributed by atoms with van der Waals surface area (Å²) in [6.07, 6.45) is 1.79. The van der Waals surface area contributed by atoms with Crippen LogP contribution in [0.4, 0.5) is 0 Å². The van der Waals surface area contributed by atoms with E-state index in [0.717, 1.165) is 6.08 Å². The summed E-state index contributed by atoms with van der Waals surface area (Å²) in [6.45, 7) is 2.46. The van der Waals surface area contributed by atoms with Gasteiger partial charge in [0.15, 0.2) is 5.76 Å². The van der Waals surface area contributed by atoms with Crippen molar-refractivity contribution >= 4 is 5.91 Å². The van der Waals surface area contributed by atoms with Crippen molar-refractivity contribution in [1.82, 2.24) is 4.90 Å². The van der Waals surface area contributed by atoms with Gasteiger partial charge in [0.2, 0.25) is 0 Å². The number of amides is 1. The number of aliphatic hydroxyl groups excluding tert-OH is 2. The van der Waals surface area contributed by atoms with Crippen LogP contribution in [-0.4, -0.2) is 51.0 Å². The zero-order valence-electron chi connectivity index (χ0n) is 9.26. The Morgan fingerprint density at radius 3 is 2.44 bits per heavy atom. The highest BCUT2D eigenvalue weighted by Crippen LogP contribution is 2.20. The highest BCUT2D eigenvalue weighted by molar-refractivity contribution is 5.89. The van der Waals surface area contributed by atoms with Crippen molar-refractivity contribution in [2.75, 3.05) is 13.1 Å². The zero-order valence-corrected chi connectivity index (χ0v) is 9.26. The Hall–Kier alpha value is -1.11. The summed E-state index contributed by atoms with van der Waals surface area (Å²) in [7, 11) is 0. The Morgan fingerprint density at radius 2 is 2.00 bits per heavy atom. The van der Waals surface area contributed by atoms with E-state index < -0.39 is 17.4 Å². The van der Waals surface area contributed by atoms with Crippen LogP contribution < -0.4 is 5.73 Å². The van der Waals surface area contributed by atoms with Gasteiger partial charge in [-0.15, -0.1) is 0 Å². The summed E-state index contributed by atoms with van der Waals surface area (Å²) in [5, 5.41) is 28.6. The van der Waals surface area contributed by atoms with Gasteiger partial charge in [-0.1, -0.05) is 0 Å². The van der Waals surface area contributed by atoms with Gasteiger partial charge in [-0.05, 0) is 19.8 Å². The molecule has 0 spiro atoms. The maximum absolute atomic E-state index is 10.6. The van der Waals surface area contributed by atoms with E-state index in [0.29, 0.717) is 25.9 Å². The number of nitrogens with zero attached hydrogens (tertiary/aromatic N) is 1. The molecule has 0 radical (unpaired) electrons. The molecule has 0 aromatic carbocycles. The van der Waals surface area contributed by atoms with Gasteiger partial charge in [0.05, 0.1) is 6.10 Å². The van der Waals surface area contributed by atoms with E-state index in [1.807, 2.05) is 0 Å². The first-order valence-corrected chi connectivity index (χ1v) is 5.20. The lowest BCUT2D eigenvalue weighted by Crippen LogP contribution is -2.50. The number of rotatable bonds is 3. The Balaban J connectivity index is 2.70. The molecule has 92 valence electrons. The molecule has 6 nitrogen and oxygen atoms in total. The maximum Gasteiger partial charge on any atom is 0.283 e. The molecule has 1 aliphatic heterocycles. The molecule has 1 aliphatic rings. The van der Waals surface area contributed by atoms with E-state index in [4.69, 9.17) is 5.73 Å². The van der Waals surface area contributed by atoms with Crippen molar-refractivity contribution < 1.29 is 20.1 Å². The Bertz CT molecular complexity index is 293. The molecule has 1 rings (SSSR count). The highest BCUT2D eigenvalue weighted by Gasteiger charge is 2.31. The summed E-state index contributed by atoms with van der Waals surface area (Å²) in [4.78, 5) is 12.3. The topological polar surface area (TPSA) is 107 Å². The number of likely N-dealkylation sites (tertiary alicyclic amines) is 1. The standard InChI is InChI=1S/C10H18N2O4/c1-10(16,6-8(14)9(11)15)12-4-2-7(13)3-5-12/h6-7,13-14,16H,2-5H2,1H3,(H2,11,15)/b8-6-. The molecule has 16 heavy (non-hydrogen) atoms. The lowest BCUT2D eigenvalue weighted by atomic mass is 10.0. The zero-order chi connectivity index (χ0) is 12.3. The molecule has 5 N–H and O–H groups in total. The number of piperidine rings is 1. The molecule has 1 saturated heterocycles. The summed E-state index contributed by atoms with van der Waals surface area (Å²) in [5.41, 5.74) is 3.44. The van der Waals surface area contributed by atoms with Gasteiger partial charge in [-0.3, -0.25) is 9.69 Å². The molecule has 1 atom stereocenters. The number of primary amides is 1. The van der Waals surface area contributed by atoms with E-state index >= 15 is 0 Å². The normalized spacial score (nSPS) is 24.1. The van der Waals surface area contributed by atoms with Crippen molar-refractivity contribution in [3.05, 3.63) is 11.8 Å². The van der Waals surface area contributed by atoms with Crippen LogP contribution in [0.15, 0.2) is 11.8 Å². The first-order valence-electron chi connectivity index (χ1n) is 5.20. The van der Waals surface area contributed by atoms with E-state index in [9.17, 15) is 20.1 Å². The first kappa shape index (κ1) is 13.0. The third-order valence-corrected chi connectivity index (χ3v) is 2.77. The lowest BCUT2D eigenvalue weighted by Gasteiger charge is -2.38. The van der Waals surface area contributed by atoms with Crippen LogP contribution in [0.5, 0.6) is 0 Å². The molecule has 0 saturated carbocycles. The number of hydrogen-bond donors (Lipinski definition) is 4.